The number of thiocarbonyl (C=S) groups is 1. The number of halogens is 4. The van der Waals surface area contributed by atoms with Crippen molar-refractivity contribution >= 4 is 45.8 Å². The lowest BCUT2D eigenvalue weighted by Gasteiger charge is -2.12. The highest BCUT2D eigenvalue weighted by Crippen LogP contribution is 2.34. The van der Waals surface area contributed by atoms with Crippen LogP contribution in [0.2, 0.25) is 0 Å². The molecule has 3 N–H and O–H groups in total. The van der Waals surface area contributed by atoms with Crippen molar-refractivity contribution in [1.29, 1.82) is 0 Å². The van der Waals surface area contributed by atoms with Gasteiger partial charge in [-0.25, -0.2) is 19.3 Å². The highest BCUT2D eigenvalue weighted by atomic mass is 32.1. The van der Waals surface area contributed by atoms with Gasteiger partial charge in [0.15, 0.2) is 22.4 Å². The molecule has 0 fully saturated rings. The van der Waals surface area contributed by atoms with Crippen LogP contribution in [-0.4, -0.2) is 26.6 Å². The van der Waals surface area contributed by atoms with E-state index in [0.717, 1.165) is 6.07 Å². The highest BCUT2D eigenvalue weighted by Gasteiger charge is 2.34. The predicted octanol–water partition coefficient (Wildman–Crippen LogP) is 4.23. The SMILES string of the molecule is CCNC(=S)Nc1ccc2ncc(Nc3cccc(C(F)(F)F)c3F)nc2n1. The summed E-state index contributed by atoms with van der Waals surface area (Å²) in [7, 11) is 0. The number of nitrogens with one attached hydrogen (secondary N) is 3. The summed E-state index contributed by atoms with van der Waals surface area (Å²) in [5, 5.41) is 8.67. The normalized spacial score (nSPS) is 11.3. The Morgan fingerprint density at radius 3 is 2.57 bits per heavy atom. The van der Waals surface area contributed by atoms with Crippen LogP contribution < -0.4 is 16.0 Å². The topological polar surface area (TPSA) is 74.8 Å². The first-order valence-corrected chi connectivity index (χ1v) is 8.50. The molecule has 3 aromatic rings. The third kappa shape index (κ3) is 4.42. The Hall–Kier alpha value is -3.08. The van der Waals surface area contributed by atoms with Gasteiger partial charge < -0.3 is 16.0 Å². The minimum absolute atomic E-state index is 0.0460. The second-order valence-electron chi connectivity index (χ2n) is 5.57. The van der Waals surface area contributed by atoms with Crippen molar-refractivity contribution in [2.45, 2.75) is 13.1 Å². The molecule has 11 heteroatoms. The van der Waals surface area contributed by atoms with Gasteiger partial charge in [-0.15, -0.1) is 0 Å². The molecule has 0 radical (unpaired) electrons. The Balaban J connectivity index is 1.89. The molecule has 28 heavy (non-hydrogen) atoms. The Labute approximate surface area is 162 Å². The monoisotopic (exact) mass is 410 g/mol. The van der Waals surface area contributed by atoms with Crippen molar-refractivity contribution in [1.82, 2.24) is 20.3 Å². The van der Waals surface area contributed by atoms with E-state index in [1.165, 1.54) is 12.3 Å². The average molecular weight is 410 g/mol. The first-order valence-electron chi connectivity index (χ1n) is 8.09. The lowest BCUT2D eigenvalue weighted by atomic mass is 10.1. The molecule has 0 amide bonds. The summed E-state index contributed by atoms with van der Waals surface area (Å²) in [5.74, 6) is -0.962. The van der Waals surface area contributed by atoms with Gasteiger partial charge >= 0.3 is 6.18 Å². The second-order valence-corrected chi connectivity index (χ2v) is 5.98. The Morgan fingerprint density at radius 1 is 1.11 bits per heavy atom. The molecule has 3 rings (SSSR count). The summed E-state index contributed by atoms with van der Waals surface area (Å²) in [6.45, 7) is 2.52. The van der Waals surface area contributed by atoms with Gasteiger partial charge in [-0.2, -0.15) is 13.2 Å². The molecule has 0 atom stereocenters. The van der Waals surface area contributed by atoms with E-state index in [-0.39, 0.29) is 17.2 Å². The molecule has 0 aliphatic rings. The van der Waals surface area contributed by atoms with Crippen molar-refractivity contribution in [3.05, 3.63) is 47.9 Å². The number of hydrogen-bond donors (Lipinski definition) is 3. The Bertz CT molecular complexity index is 1020. The smallest absolute Gasteiger partial charge is 0.363 e. The summed E-state index contributed by atoms with van der Waals surface area (Å²) in [6, 6.07) is 6.25. The first-order chi connectivity index (χ1) is 13.3. The van der Waals surface area contributed by atoms with Gasteiger partial charge in [0.1, 0.15) is 11.3 Å². The number of fused-ring (bicyclic) bond motifs is 1. The number of alkyl halides is 3. The standard InChI is InChI=1S/C17H14F4N6S/c1-2-22-16(28)27-12-7-6-11-15(25-12)26-13(8-23-11)24-10-5-3-4-9(14(10)18)17(19,20)21/h3-8H,2H2,1H3,(H3,22,24,25,26,27,28). The molecule has 0 saturated carbocycles. The molecule has 6 nitrogen and oxygen atoms in total. The molecule has 2 aromatic heterocycles. The summed E-state index contributed by atoms with van der Waals surface area (Å²) in [5.41, 5.74) is -1.07. The van der Waals surface area contributed by atoms with Crippen molar-refractivity contribution in [3.63, 3.8) is 0 Å². The maximum atomic E-state index is 14.2. The lowest BCUT2D eigenvalue weighted by molar-refractivity contribution is -0.139. The molecule has 1 aromatic carbocycles. The number of nitrogens with zero attached hydrogens (tertiary/aromatic N) is 3. The van der Waals surface area contributed by atoms with Crippen LogP contribution in [-0.2, 0) is 6.18 Å². The summed E-state index contributed by atoms with van der Waals surface area (Å²) in [6.07, 6.45) is -3.52. The summed E-state index contributed by atoms with van der Waals surface area (Å²) in [4.78, 5) is 12.6. The number of anilines is 3. The van der Waals surface area contributed by atoms with Gasteiger partial charge in [-0.3, -0.25) is 0 Å². The molecule has 0 aliphatic carbocycles. The van der Waals surface area contributed by atoms with Gasteiger partial charge in [-0.05, 0) is 43.4 Å². The molecule has 146 valence electrons. The summed E-state index contributed by atoms with van der Waals surface area (Å²) >= 11 is 5.08. The number of aromatic nitrogens is 3. The van der Waals surface area contributed by atoms with Gasteiger partial charge in [0.05, 0.1) is 17.4 Å². The van der Waals surface area contributed by atoms with E-state index in [4.69, 9.17) is 12.2 Å². The summed E-state index contributed by atoms with van der Waals surface area (Å²) < 4.78 is 52.7. The van der Waals surface area contributed by atoms with Crippen molar-refractivity contribution in [3.8, 4) is 0 Å². The van der Waals surface area contributed by atoms with Crippen molar-refractivity contribution < 1.29 is 17.6 Å². The molecule has 0 aliphatic heterocycles. The number of benzene rings is 1. The zero-order valence-corrected chi connectivity index (χ0v) is 15.2. The quantitative estimate of drug-likeness (QED) is 0.439. The number of hydrogen-bond acceptors (Lipinski definition) is 5. The molecular weight excluding hydrogens is 396 g/mol. The zero-order valence-electron chi connectivity index (χ0n) is 14.4. The van der Waals surface area contributed by atoms with E-state index >= 15 is 0 Å². The zero-order chi connectivity index (χ0) is 20.3. The van der Waals surface area contributed by atoms with Crippen molar-refractivity contribution in [2.24, 2.45) is 0 Å². The molecule has 0 unspecified atom stereocenters. The van der Waals surface area contributed by atoms with E-state index in [9.17, 15) is 17.6 Å². The van der Waals surface area contributed by atoms with Crippen LogP contribution in [0.15, 0.2) is 36.5 Å². The van der Waals surface area contributed by atoms with E-state index < -0.39 is 17.6 Å². The lowest BCUT2D eigenvalue weighted by Crippen LogP contribution is -2.28. The molecule has 0 spiro atoms. The first kappa shape index (κ1) is 19.7. The molecule has 0 saturated heterocycles. The number of rotatable bonds is 4. The van der Waals surface area contributed by atoms with Crippen LogP contribution >= 0.6 is 12.2 Å². The highest BCUT2D eigenvalue weighted by molar-refractivity contribution is 7.80. The van der Waals surface area contributed by atoms with Gasteiger partial charge in [0.2, 0.25) is 0 Å². The van der Waals surface area contributed by atoms with E-state index in [2.05, 4.69) is 30.9 Å². The molecular formula is C17H14F4N6S. The van der Waals surface area contributed by atoms with Crippen LogP contribution in [0.25, 0.3) is 11.2 Å². The fourth-order valence-electron chi connectivity index (χ4n) is 2.33. The number of pyridine rings is 1. The van der Waals surface area contributed by atoms with Crippen LogP contribution in [0, 0.1) is 5.82 Å². The van der Waals surface area contributed by atoms with Crippen molar-refractivity contribution in [2.75, 3.05) is 17.2 Å². The fraction of sp³-hybridized carbons (Fsp3) is 0.176. The predicted molar refractivity (Wildman–Crippen MR) is 102 cm³/mol. The van der Waals surface area contributed by atoms with Crippen LogP contribution in [0.4, 0.5) is 34.9 Å². The van der Waals surface area contributed by atoms with E-state index in [1.807, 2.05) is 6.92 Å². The van der Waals surface area contributed by atoms with E-state index in [1.54, 1.807) is 12.1 Å². The van der Waals surface area contributed by atoms with Gasteiger partial charge in [-0.1, -0.05) is 6.07 Å². The molecule has 2 heterocycles. The molecule has 0 bridgehead atoms. The largest absolute Gasteiger partial charge is 0.419 e. The van der Waals surface area contributed by atoms with Gasteiger partial charge in [0.25, 0.3) is 0 Å². The maximum Gasteiger partial charge on any atom is 0.419 e. The van der Waals surface area contributed by atoms with Crippen LogP contribution in [0.1, 0.15) is 12.5 Å². The second kappa shape index (κ2) is 7.89. The average Bonchev–Trinajstić information content (AvgIpc) is 2.62. The third-order valence-corrected chi connectivity index (χ3v) is 3.80. The minimum Gasteiger partial charge on any atom is -0.363 e. The Kier molecular flexibility index (Phi) is 5.54. The van der Waals surface area contributed by atoms with E-state index in [0.29, 0.717) is 29.1 Å². The fourth-order valence-corrected chi connectivity index (χ4v) is 2.58. The third-order valence-electron chi connectivity index (χ3n) is 3.55. The van der Waals surface area contributed by atoms with Crippen LogP contribution in [0.3, 0.4) is 0 Å². The Morgan fingerprint density at radius 2 is 1.86 bits per heavy atom. The minimum atomic E-state index is -4.80. The van der Waals surface area contributed by atoms with Crippen LogP contribution in [0.5, 0.6) is 0 Å². The van der Waals surface area contributed by atoms with Gasteiger partial charge in [0, 0.05) is 6.54 Å². The maximum absolute atomic E-state index is 14.2.